The molecule has 2 aliphatic heterocycles. The second-order valence-electron chi connectivity index (χ2n) is 10.4. The standard InChI is InChI=1S/C31H29Cl2FN4O5/c1-31(14-42-15-31)37-26-10-21(25(34)9-22(26)30(40)41-3)20-6-4-5-17-13-38(16-43-28(17)20)29(39)27-23(32)7-18(8-24(27)33)19(11-35)12-36-2/h4-12,37H,13-16,35H2,1-3H3. The lowest BCUT2D eigenvalue weighted by molar-refractivity contribution is -0.0318. The number of ether oxygens (including phenoxy) is 3. The van der Waals surface area contributed by atoms with Crippen LogP contribution in [0.5, 0.6) is 5.75 Å². The zero-order chi connectivity index (χ0) is 30.9. The molecular weight excluding hydrogens is 598 g/mol. The molecule has 0 spiro atoms. The van der Waals surface area contributed by atoms with E-state index in [0.717, 1.165) is 6.07 Å². The molecule has 43 heavy (non-hydrogen) atoms. The minimum atomic E-state index is -0.670. The summed E-state index contributed by atoms with van der Waals surface area (Å²) in [5, 5.41) is 3.59. The van der Waals surface area contributed by atoms with Gasteiger partial charge in [0.25, 0.3) is 5.91 Å². The van der Waals surface area contributed by atoms with Crippen LogP contribution in [-0.2, 0) is 16.0 Å². The number of hydrogen-bond donors (Lipinski definition) is 2. The van der Waals surface area contributed by atoms with E-state index < -0.39 is 23.2 Å². The van der Waals surface area contributed by atoms with Crippen LogP contribution >= 0.6 is 23.2 Å². The van der Waals surface area contributed by atoms with Crippen LogP contribution in [0, 0.1) is 5.82 Å². The molecule has 2 aliphatic rings. The van der Waals surface area contributed by atoms with Gasteiger partial charge >= 0.3 is 5.97 Å². The third-order valence-corrected chi connectivity index (χ3v) is 7.82. The zero-order valence-corrected chi connectivity index (χ0v) is 25.2. The van der Waals surface area contributed by atoms with Gasteiger partial charge in [-0.05, 0) is 36.8 Å². The number of halogens is 3. The first kappa shape index (κ1) is 30.3. The van der Waals surface area contributed by atoms with Crippen LogP contribution in [0.1, 0.15) is 38.8 Å². The monoisotopic (exact) mass is 626 g/mol. The minimum Gasteiger partial charge on any atom is -0.472 e. The number of nitrogens with zero attached hydrogens (tertiary/aromatic N) is 2. The van der Waals surface area contributed by atoms with Crippen LogP contribution in [0.25, 0.3) is 16.7 Å². The third-order valence-electron chi connectivity index (χ3n) is 7.23. The molecule has 3 aromatic carbocycles. The Bertz CT molecular complexity index is 1650. The van der Waals surface area contributed by atoms with Gasteiger partial charge in [-0.3, -0.25) is 9.79 Å². The summed E-state index contributed by atoms with van der Waals surface area (Å²) in [6.45, 7) is 2.84. The van der Waals surface area contributed by atoms with Crippen molar-refractivity contribution in [3.63, 3.8) is 0 Å². The summed E-state index contributed by atoms with van der Waals surface area (Å²) < 4.78 is 31.8. The van der Waals surface area contributed by atoms with E-state index in [2.05, 4.69) is 10.3 Å². The molecule has 0 atom stereocenters. The number of esters is 1. The summed E-state index contributed by atoms with van der Waals surface area (Å²) >= 11 is 13.0. The van der Waals surface area contributed by atoms with Gasteiger partial charge in [-0.25, -0.2) is 9.18 Å². The van der Waals surface area contributed by atoms with Crippen LogP contribution in [0.3, 0.4) is 0 Å². The number of fused-ring (bicyclic) bond motifs is 1. The van der Waals surface area contributed by atoms with Crippen molar-refractivity contribution >= 4 is 52.6 Å². The lowest BCUT2D eigenvalue weighted by Crippen LogP contribution is -2.53. The van der Waals surface area contributed by atoms with E-state index in [1.54, 1.807) is 49.7 Å². The van der Waals surface area contributed by atoms with Crippen molar-refractivity contribution in [2.24, 2.45) is 10.7 Å². The normalized spacial score (nSPS) is 15.9. The number of methoxy groups -OCH3 is 1. The van der Waals surface area contributed by atoms with Gasteiger partial charge in [0.15, 0.2) is 6.73 Å². The van der Waals surface area contributed by atoms with E-state index in [0.29, 0.717) is 46.9 Å². The van der Waals surface area contributed by atoms with Crippen molar-refractivity contribution in [1.82, 2.24) is 4.90 Å². The molecule has 12 heteroatoms. The molecule has 2 heterocycles. The number of rotatable bonds is 7. The maximum Gasteiger partial charge on any atom is 0.340 e. The van der Waals surface area contributed by atoms with Crippen molar-refractivity contribution in [2.75, 3.05) is 39.4 Å². The lowest BCUT2D eigenvalue weighted by Gasteiger charge is -2.40. The largest absolute Gasteiger partial charge is 0.472 e. The van der Waals surface area contributed by atoms with Crippen molar-refractivity contribution < 1.29 is 28.2 Å². The Balaban J connectivity index is 1.46. The third kappa shape index (κ3) is 5.90. The van der Waals surface area contributed by atoms with Gasteiger partial charge < -0.3 is 30.2 Å². The fourth-order valence-electron chi connectivity index (χ4n) is 5.04. The van der Waals surface area contributed by atoms with Crippen molar-refractivity contribution in [1.29, 1.82) is 0 Å². The highest BCUT2D eigenvalue weighted by Crippen LogP contribution is 2.41. The predicted molar refractivity (Wildman–Crippen MR) is 164 cm³/mol. The average molecular weight is 628 g/mol. The van der Waals surface area contributed by atoms with Crippen molar-refractivity contribution in [2.45, 2.75) is 19.0 Å². The number of anilines is 1. The molecule has 0 aromatic heterocycles. The molecule has 0 saturated carbocycles. The average Bonchev–Trinajstić information content (AvgIpc) is 2.98. The van der Waals surface area contributed by atoms with E-state index in [1.807, 2.05) is 6.92 Å². The predicted octanol–water partition coefficient (Wildman–Crippen LogP) is 5.78. The number of benzene rings is 3. The topological polar surface area (TPSA) is 115 Å². The minimum absolute atomic E-state index is 0.0650. The Hall–Kier alpha value is -4.12. The molecule has 0 radical (unpaired) electrons. The fraction of sp³-hybridized carbons (Fsp3) is 0.258. The van der Waals surface area contributed by atoms with Crippen LogP contribution in [0.2, 0.25) is 10.0 Å². The Morgan fingerprint density at radius 2 is 1.88 bits per heavy atom. The highest BCUT2D eigenvalue weighted by molar-refractivity contribution is 6.40. The first-order valence-corrected chi connectivity index (χ1v) is 14.0. The molecule has 1 fully saturated rings. The maximum atomic E-state index is 15.6. The lowest BCUT2D eigenvalue weighted by atomic mass is 9.95. The summed E-state index contributed by atoms with van der Waals surface area (Å²) in [7, 11) is 2.85. The summed E-state index contributed by atoms with van der Waals surface area (Å²) in [6.07, 6.45) is 2.93. The SMILES string of the molecule is CN=CC(=CN)c1cc(Cl)c(C(=O)N2COc3c(cccc3-c3cc(NC4(C)COC4)c(C(=O)OC)cc3F)C2)c(Cl)c1. The first-order valence-electron chi connectivity index (χ1n) is 13.2. The van der Waals surface area contributed by atoms with Crippen LogP contribution in [-0.4, -0.2) is 62.6 Å². The van der Waals surface area contributed by atoms with Crippen molar-refractivity contribution in [3.05, 3.63) is 86.8 Å². The summed E-state index contributed by atoms with van der Waals surface area (Å²) in [5.41, 5.74) is 8.41. The molecule has 5 rings (SSSR count). The summed E-state index contributed by atoms with van der Waals surface area (Å²) in [5.74, 6) is -1.31. The Morgan fingerprint density at radius 3 is 2.49 bits per heavy atom. The fourth-order valence-corrected chi connectivity index (χ4v) is 5.69. The number of allylic oxidation sites excluding steroid dienone is 1. The van der Waals surface area contributed by atoms with Crippen molar-refractivity contribution in [3.8, 4) is 16.9 Å². The highest BCUT2D eigenvalue weighted by atomic mass is 35.5. The van der Waals surface area contributed by atoms with E-state index in [-0.39, 0.29) is 40.0 Å². The Kier molecular flexibility index (Phi) is 8.64. The Labute approximate surface area is 258 Å². The Morgan fingerprint density at radius 1 is 1.16 bits per heavy atom. The van der Waals surface area contributed by atoms with Gasteiger partial charge in [-0.1, -0.05) is 41.4 Å². The van der Waals surface area contributed by atoms with Crippen LogP contribution < -0.4 is 15.8 Å². The molecule has 3 N–H and O–H groups in total. The van der Waals surface area contributed by atoms with E-state index in [1.165, 1.54) is 18.2 Å². The molecule has 3 aromatic rings. The van der Waals surface area contributed by atoms with Gasteiger partial charge in [0.1, 0.15) is 11.6 Å². The first-order chi connectivity index (χ1) is 20.6. The molecule has 1 amide bonds. The molecule has 224 valence electrons. The number of carbonyl (C=O) groups excluding carboxylic acids is 2. The molecule has 0 unspecified atom stereocenters. The van der Waals surface area contributed by atoms with Gasteiger partial charge in [0.2, 0.25) is 0 Å². The summed E-state index contributed by atoms with van der Waals surface area (Å²) in [6, 6.07) is 11.2. The van der Waals surface area contributed by atoms with E-state index in [4.69, 9.17) is 43.1 Å². The number of nitrogens with two attached hydrogens (primary N) is 1. The molecular formula is C31H29Cl2FN4O5. The number of nitrogens with one attached hydrogen (secondary N) is 1. The number of aliphatic imine (C=N–C) groups is 1. The second kappa shape index (κ2) is 12.2. The highest BCUT2D eigenvalue weighted by Gasteiger charge is 2.35. The number of para-hydroxylation sites is 1. The van der Waals surface area contributed by atoms with Gasteiger partial charge in [-0.2, -0.15) is 0 Å². The number of carbonyl (C=O) groups is 2. The molecule has 9 nitrogen and oxygen atoms in total. The van der Waals surface area contributed by atoms with Crippen LogP contribution in [0.4, 0.5) is 10.1 Å². The molecule has 1 saturated heterocycles. The number of amides is 1. The quantitative estimate of drug-likeness (QED) is 0.252. The molecule has 0 bridgehead atoms. The second-order valence-corrected chi connectivity index (χ2v) is 11.3. The zero-order valence-electron chi connectivity index (χ0n) is 23.7. The molecule has 0 aliphatic carbocycles. The van der Waals surface area contributed by atoms with Gasteiger partial charge in [0, 0.05) is 41.7 Å². The maximum absolute atomic E-state index is 15.6. The smallest absolute Gasteiger partial charge is 0.340 e. The van der Waals surface area contributed by atoms with Crippen LogP contribution in [0.15, 0.2) is 53.7 Å². The van der Waals surface area contributed by atoms with Gasteiger partial charge in [0.05, 0.1) is 59.3 Å². The summed E-state index contributed by atoms with van der Waals surface area (Å²) in [4.78, 5) is 31.5. The van der Waals surface area contributed by atoms with E-state index >= 15 is 4.39 Å². The van der Waals surface area contributed by atoms with Gasteiger partial charge in [-0.15, -0.1) is 0 Å². The van der Waals surface area contributed by atoms with E-state index in [9.17, 15) is 9.59 Å². The number of hydrogen-bond acceptors (Lipinski definition) is 8.